The van der Waals surface area contributed by atoms with Crippen LogP contribution in [0.4, 0.5) is 0 Å². The zero-order valence-electron chi connectivity index (χ0n) is 13.7. The zero-order chi connectivity index (χ0) is 15.5. The van der Waals surface area contributed by atoms with E-state index in [9.17, 15) is 0 Å². The summed E-state index contributed by atoms with van der Waals surface area (Å²) in [5.41, 5.74) is 2.83. The summed E-state index contributed by atoms with van der Waals surface area (Å²) in [6.07, 6.45) is 4.51. The fourth-order valence-corrected chi connectivity index (χ4v) is 2.95. The molecule has 1 aromatic carbocycles. The number of aromatic nitrogens is 1. The zero-order valence-corrected chi connectivity index (χ0v) is 13.7. The quantitative estimate of drug-likeness (QED) is 0.796. The molecule has 2 heterocycles. The number of pyridine rings is 1. The van der Waals surface area contributed by atoms with Crippen molar-refractivity contribution in [2.45, 2.75) is 57.7 Å². The molecule has 1 aliphatic heterocycles. The highest BCUT2D eigenvalue weighted by molar-refractivity contribution is 6.62. The lowest BCUT2D eigenvalue weighted by Gasteiger charge is -2.32. The Hall–Kier alpha value is -1.39. The monoisotopic (exact) mass is 295 g/mol. The van der Waals surface area contributed by atoms with Gasteiger partial charge in [-0.2, -0.15) is 0 Å². The molecule has 22 heavy (non-hydrogen) atoms. The molecule has 1 aliphatic carbocycles. The van der Waals surface area contributed by atoms with Gasteiger partial charge in [0.1, 0.15) is 0 Å². The third-order valence-corrected chi connectivity index (χ3v) is 5.30. The van der Waals surface area contributed by atoms with E-state index in [-0.39, 0.29) is 18.3 Å². The summed E-state index contributed by atoms with van der Waals surface area (Å²) in [5, 5.41) is 1.18. The Bertz CT molecular complexity index is 721. The van der Waals surface area contributed by atoms with Crippen molar-refractivity contribution in [3.8, 4) is 0 Å². The second-order valence-electron chi connectivity index (χ2n) is 7.58. The van der Waals surface area contributed by atoms with Crippen LogP contribution in [-0.2, 0) is 9.31 Å². The first-order valence-corrected chi connectivity index (χ1v) is 8.11. The van der Waals surface area contributed by atoms with Gasteiger partial charge >= 0.3 is 7.12 Å². The van der Waals surface area contributed by atoms with Gasteiger partial charge in [-0.25, -0.2) is 0 Å². The van der Waals surface area contributed by atoms with Crippen LogP contribution in [0.1, 0.15) is 52.0 Å². The second-order valence-corrected chi connectivity index (χ2v) is 7.58. The fourth-order valence-electron chi connectivity index (χ4n) is 2.95. The van der Waals surface area contributed by atoms with Crippen LogP contribution in [0.15, 0.2) is 30.5 Å². The van der Waals surface area contributed by atoms with Crippen LogP contribution >= 0.6 is 0 Å². The third-order valence-electron chi connectivity index (χ3n) is 5.30. The average Bonchev–Trinajstić information content (AvgIpc) is 3.26. The van der Waals surface area contributed by atoms with Crippen LogP contribution in [0.5, 0.6) is 0 Å². The summed E-state index contributed by atoms with van der Waals surface area (Å²) >= 11 is 0. The molecule has 0 atom stereocenters. The number of benzene rings is 1. The van der Waals surface area contributed by atoms with E-state index in [4.69, 9.17) is 9.31 Å². The van der Waals surface area contributed by atoms with Gasteiger partial charge in [-0.3, -0.25) is 4.98 Å². The van der Waals surface area contributed by atoms with Crippen LogP contribution in [0, 0.1) is 0 Å². The lowest BCUT2D eigenvalue weighted by molar-refractivity contribution is 0.00578. The van der Waals surface area contributed by atoms with Gasteiger partial charge in [-0.05, 0) is 64.2 Å². The average molecular weight is 295 g/mol. The largest absolute Gasteiger partial charge is 0.496 e. The van der Waals surface area contributed by atoms with E-state index in [0.29, 0.717) is 0 Å². The van der Waals surface area contributed by atoms with Crippen LogP contribution in [-0.4, -0.2) is 23.3 Å². The van der Waals surface area contributed by atoms with E-state index >= 15 is 0 Å². The fraction of sp³-hybridized carbons (Fsp3) is 0.500. The molecule has 114 valence electrons. The van der Waals surface area contributed by atoms with E-state index in [2.05, 4.69) is 56.9 Å². The van der Waals surface area contributed by atoms with E-state index in [1.165, 1.54) is 23.8 Å². The number of hydrogen-bond acceptors (Lipinski definition) is 3. The predicted molar refractivity (Wildman–Crippen MR) is 89.4 cm³/mol. The van der Waals surface area contributed by atoms with Gasteiger partial charge < -0.3 is 9.31 Å². The van der Waals surface area contributed by atoms with E-state index in [1.54, 1.807) is 0 Å². The third kappa shape index (κ3) is 2.25. The molecule has 0 unspecified atom stereocenters. The smallest absolute Gasteiger partial charge is 0.399 e. The number of rotatable bonds is 2. The van der Waals surface area contributed by atoms with Crippen LogP contribution < -0.4 is 5.46 Å². The highest BCUT2D eigenvalue weighted by atomic mass is 16.7. The molecule has 3 nitrogen and oxygen atoms in total. The Morgan fingerprint density at radius 1 is 1.05 bits per heavy atom. The summed E-state index contributed by atoms with van der Waals surface area (Å²) in [4.78, 5) is 4.58. The summed E-state index contributed by atoms with van der Waals surface area (Å²) in [6, 6.07) is 8.77. The first-order chi connectivity index (χ1) is 10.4. The van der Waals surface area contributed by atoms with Crippen molar-refractivity contribution in [1.82, 2.24) is 4.98 Å². The maximum absolute atomic E-state index is 6.13. The van der Waals surface area contributed by atoms with Crippen molar-refractivity contribution in [2.24, 2.45) is 0 Å². The predicted octanol–water partition coefficient (Wildman–Crippen LogP) is 3.41. The molecule has 2 aliphatic rings. The molecule has 0 bridgehead atoms. The summed E-state index contributed by atoms with van der Waals surface area (Å²) in [6.45, 7) is 8.30. The Kier molecular flexibility index (Phi) is 2.95. The molecule has 1 saturated carbocycles. The minimum Gasteiger partial charge on any atom is -0.399 e. The molecule has 0 N–H and O–H groups in total. The SMILES string of the molecule is CC1(C)OB(c2cnc3ccc(C4CC4)cc3c2)OC1(C)C. The summed E-state index contributed by atoms with van der Waals surface area (Å²) in [7, 11) is -0.341. The second kappa shape index (κ2) is 4.56. The van der Waals surface area contributed by atoms with Crippen molar-refractivity contribution >= 4 is 23.5 Å². The van der Waals surface area contributed by atoms with Gasteiger partial charge in [0.25, 0.3) is 0 Å². The van der Waals surface area contributed by atoms with Gasteiger partial charge in [0.05, 0.1) is 16.7 Å². The standard InChI is InChI=1S/C18H22BNO2/c1-17(2)18(3,4)22-19(21-17)15-10-14-9-13(12-5-6-12)7-8-16(14)20-11-15/h7-12H,5-6H2,1-4H3. The van der Waals surface area contributed by atoms with E-state index in [0.717, 1.165) is 16.9 Å². The molecular formula is C18H22BNO2. The number of fused-ring (bicyclic) bond motifs is 1. The van der Waals surface area contributed by atoms with Gasteiger partial charge in [0, 0.05) is 17.0 Å². The van der Waals surface area contributed by atoms with Crippen LogP contribution in [0.25, 0.3) is 10.9 Å². The molecule has 1 aromatic heterocycles. The number of hydrogen-bond donors (Lipinski definition) is 0. The molecule has 2 aromatic rings. The molecule has 0 spiro atoms. The summed E-state index contributed by atoms with van der Waals surface area (Å²) < 4.78 is 12.3. The van der Waals surface area contributed by atoms with E-state index in [1.807, 2.05) is 6.20 Å². The molecule has 2 fully saturated rings. The lowest BCUT2D eigenvalue weighted by Crippen LogP contribution is -2.41. The maximum atomic E-state index is 6.13. The van der Waals surface area contributed by atoms with Gasteiger partial charge in [0.15, 0.2) is 0 Å². The lowest BCUT2D eigenvalue weighted by atomic mass is 9.79. The van der Waals surface area contributed by atoms with Crippen molar-refractivity contribution in [3.63, 3.8) is 0 Å². The molecule has 4 heteroatoms. The molecular weight excluding hydrogens is 273 g/mol. The minimum absolute atomic E-state index is 0.317. The Balaban J connectivity index is 1.70. The minimum atomic E-state index is -0.341. The first-order valence-electron chi connectivity index (χ1n) is 8.11. The summed E-state index contributed by atoms with van der Waals surface area (Å²) in [5.74, 6) is 0.755. The van der Waals surface area contributed by atoms with Crippen molar-refractivity contribution < 1.29 is 9.31 Å². The van der Waals surface area contributed by atoms with Gasteiger partial charge in [-0.15, -0.1) is 0 Å². The van der Waals surface area contributed by atoms with Crippen molar-refractivity contribution in [3.05, 3.63) is 36.0 Å². The molecule has 0 radical (unpaired) electrons. The van der Waals surface area contributed by atoms with E-state index < -0.39 is 0 Å². The Morgan fingerprint density at radius 3 is 2.36 bits per heavy atom. The van der Waals surface area contributed by atoms with Crippen LogP contribution in [0.3, 0.4) is 0 Å². The highest BCUT2D eigenvalue weighted by Crippen LogP contribution is 2.41. The topological polar surface area (TPSA) is 31.4 Å². The Morgan fingerprint density at radius 2 is 1.73 bits per heavy atom. The first kappa shape index (κ1) is 14.2. The molecule has 1 saturated heterocycles. The van der Waals surface area contributed by atoms with Crippen LogP contribution in [0.2, 0.25) is 0 Å². The van der Waals surface area contributed by atoms with Gasteiger partial charge in [0.2, 0.25) is 0 Å². The Labute approximate surface area is 132 Å². The van der Waals surface area contributed by atoms with Crippen molar-refractivity contribution in [2.75, 3.05) is 0 Å². The molecule has 4 rings (SSSR count). The highest BCUT2D eigenvalue weighted by Gasteiger charge is 2.51. The van der Waals surface area contributed by atoms with Crippen molar-refractivity contribution in [1.29, 1.82) is 0 Å². The number of nitrogens with zero attached hydrogens (tertiary/aromatic N) is 1. The normalized spacial score (nSPS) is 23.2. The maximum Gasteiger partial charge on any atom is 0.496 e. The van der Waals surface area contributed by atoms with Gasteiger partial charge in [-0.1, -0.05) is 12.1 Å². The molecule has 0 amide bonds.